The van der Waals surface area contributed by atoms with Crippen molar-refractivity contribution in [1.82, 2.24) is 29.2 Å². The van der Waals surface area contributed by atoms with Crippen LogP contribution in [0.3, 0.4) is 0 Å². The van der Waals surface area contributed by atoms with E-state index in [0.717, 1.165) is 17.0 Å². The molecule has 0 saturated carbocycles. The predicted molar refractivity (Wildman–Crippen MR) is 132 cm³/mol. The first-order chi connectivity index (χ1) is 17.9. The van der Waals surface area contributed by atoms with Gasteiger partial charge in [0.25, 0.3) is 0 Å². The SMILES string of the molecule is Cc1nc2cnc(-c3cnc(N4CCN(CC(N)=O)CC4)nc3)cn2c1Cc1ccccc1OC(F)F. The zero-order chi connectivity index (χ0) is 25.9. The number of para-hydroxylation sites is 1. The number of fused-ring (bicyclic) bond motifs is 1. The second-order valence-corrected chi connectivity index (χ2v) is 8.81. The van der Waals surface area contributed by atoms with E-state index in [-0.39, 0.29) is 18.2 Å². The number of piperazine rings is 1. The molecule has 1 aliphatic heterocycles. The Morgan fingerprint density at radius 2 is 1.81 bits per heavy atom. The van der Waals surface area contributed by atoms with Gasteiger partial charge in [-0.25, -0.2) is 15.0 Å². The fourth-order valence-electron chi connectivity index (χ4n) is 4.47. The van der Waals surface area contributed by atoms with Gasteiger partial charge in [-0.15, -0.1) is 0 Å². The topological polar surface area (TPSA) is 115 Å². The van der Waals surface area contributed by atoms with E-state index in [9.17, 15) is 13.6 Å². The van der Waals surface area contributed by atoms with Gasteiger partial charge in [-0.1, -0.05) is 18.2 Å². The number of hydrogen-bond donors (Lipinski definition) is 1. The number of nitrogens with zero attached hydrogens (tertiary/aromatic N) is 7. The van der Waals surface area contributed by atoms with Crippen molar-refractivity contribution in [3.63, 3.8) is 0 Å². The highest BCUT2D eigenvalue weighted by Gasteiger charge is 2.20. The average Bonchev–Trinajstić information content (AvgIpc) is 3.19. The molecular weight excluding hydrogens is 482 g/mol. The van der Waals surface area contributed by atoms with Crippen LogP contribution in [0.25, 0.3) is 16.9 Å². The lowest BCUT2D eigenvalue weighted by Gasteiger charge is -2.33. The maximum absolute atomic E-state index is 12.9. The van der Waals surface area contributed by atoms with Crippen LogP contribution in [-0.2, 0) is 11.2 Å². The normalized spacial score (nSPS) is 14.4. The second-order valence-electron chi connectivity index (χ2n) is 8.81. The van der Waals surface area contributed by atoms with Gasteiger partial charge in [0.15, 0.2) is 5.65 Å². The molecule has 1 amide bonds. The van der Waals surface area contributed by atoms with Crippen molar-refractivity contribution in [2.75, 3.05) is 37.6 Å². The Balaban J connectivity index is 1.36. The molecule has 4 heterocycles. The van der Waals surface area contributed by atoms with Crippen molar-refractivity contribution in [2.45, 2.75) is 20.0 Å². The zero-order valence-electron chi connectivity index (χ0n) is 20.2. The molecule has 3 aromatic heterocycles. The quantitative estimate of drug-likeness (QED) is 0.386. The van der Waals surface area contributed by atoms with Crippen molar-refractivity contribution in [3.05, 3.63) is 66.0 Å². The second kappa shape index (κ2) is 10.4. The van der Waals surface area contributed by atoms with Crippen LogP contribution < -0.4 is 15.4 Å². The molecule has 1 saturated heterocycles. The summed E-state index contributed by atoms with van der Waals surface area (Å²) in [4.78, 5) is 33.4. The van der Waals surface area contributed by atoms with Crippen LogP contribution in [0.5, 0.6) is 5.75 Å². The number of anilines is 1. The largest absolute Gasteiger partial charge is 0.435 e. The van der Waals surface area contributed by atoms with E-state index in [0.29, 0.717) is 55.5 Å². The third kappa shape index (κ3) is 5.48. The van der Waals surface area contributed by atoms with Crippen molar-refractivity contribution in [3.8, 4) is 17.0 Å². The van der Waals surface area contributed by atoms with Gasteiger partial charge in [0.1, 0.15) is 5.75 Å². The maximum atomic E-state index is 12.9. The van der Waals surface area contributed by atoms with Gasteiger partial charge < -0.3 is 15.4 Å². The van der Waals surface area contributed by atoms with Crippen LogP contribution >= 0.6 is 0 Å². The lowest BCUT2D eigenvalue weighted by Crippen LogP contribution is -2.49. The van der Waals surface area contributed by atoms with E-state index in [4.69, 9.17) is 10.5 Å². The fraction of sp³-hybridized carbons (Fsp3) is 0.320. The standard InChI is InChI=1S/C25H26F2N8O2/c1-16-20(10-17-4-2-3-5-21(17)37-24(26)27)35-14-19(29-13-23(35)32-16)18-11-30-25(31-12-18)34-8-6-33(7-9-34)15-22(28)36/h2-5,11-14,24H,6-10,15H2,1H3,(H2,28,36). The van der Waals surface area contributed by atoms with Crippen LogP contribution in [0, 0.1) is 6.92 Å². The first-order valence-electron chi connectivity index (χ1n) is 11.8. The first-order valence-corrected chi connectivity index (χ1v) is 11.8. The maximum Gasteiger partial charge on any atom is 0.387 e. The molecule has 0 unspecified atom stereocenters. The summed E-state index contributed by atoms with van der Waals surface area (Å²) in [5.41, 5.74) is 9.57. The Hall–Kier alpha value is -4.19. The van der Waals surface area contributed by atoms with E-state index >= 15 is 0 Å². The number of benzene rings is 1. The molecule has 0 radical (unpaired) electrons. The number of aromatic nitrogens is 5. The van der Waals surface area contributed by atoms with E-state index in [2.05, 4.69) is 24.8 Å². The van der Waals surface area contributed by atoms with Gasteiger partial charge in [-0.3, -0.25) is 19.1 Å². The third-order valence-electron chi connectivity index (χ3n) is 6.32. The highest BCUT2D eigenvalue weighted by Crippen LogP contribution is 2.26. The molecule has 1 aliphatic rings. The van der Waals surface area contributed by atoms with Gasteiger partial charge in [-0.05, 0) is 13.0 Å². The molecule has 192 valence electrons. The Labute approximate surface area is 211 Å². The summed E-state index contributed by atoms with van der Waals surface area (Å²) in [5.74, 6) is 0.416. The van der Waals surface area contributed by atoms with Crippen molar-refractivity contribution >= 4 is 17.5 Å². The summed E-state index contributed by atoms with van der Waals surface area (Å²) in [7, 11) is 0. The number of aryl methyl sites for hydroxylation is 1. The number of halogens is 2. The van der Waals surface area contributed by atoms with Crippen molar-refractivity contribution in [2.24, 2.45) is 5.73 Å². The molecule has 5 rings (SSSR count). The Morgan fingerprint density at radius 3 is 2.51 bits per heavy atom. The first kappa shape index (κ1) is 24.5. The van der Waals surface area contributed by atoms with Gasteiger partial charge in [0, 0.05) is 62.3 Å². The van der Waals surface area contributed by atoms with E-state index in [1.54, 1.807) is 36.8 Å². The van der Waals surface area contributed by atoms with Crippen LogP contribution in [0.1, 0.15) is 17.0 Å². The number of rotatable bonds is 8. The lowest BCUT2D eigenvalue weighted by molar-refractivity contribution is -0.119. The van der Waals surface area contributed by atoms with Crippen LogP contribution in [0.15, 0.2) is 49.1 Å². The summed E-state index contributed by atoms with van der Waals surface area (Å²) in [6, 6.07) is 6.74. The minimum atomic E-state index is -2.90. The van der Waals surface area contributed by atoms with Crippen LogP contribution in [-0.4, -0.2) is 74.5 Å². The molecule has 1 aromatic carbocycles. The monoisotopic (exact) mass is 508 g/mol. The average molecular weight is 509 g/mol. The number of carbonyl (C=O) groups excluding carboxylic acids is 1. The van der Waals surface area contributed by atoms with Gasteiger partial charge >= 0.3 is 6.61 Å². The van der Waals surface area contributed by atoms with E-state index in [1.807, 2.05) is 22.4 Å². The molecule has 0 atom stereocenters. The van der Waals surface area contributed by atoms with Crippen molar-refractivity contribution in [1.29, 1.82) is 0 Å². The molecule has 1 fully saturated rings. The number of hydrogen-bond acceptors (Lipinski definition) is 8. The molecule has 37 heavy (non-hydrogen) atoms. The Bertz CT molecular complexity index is 1400. The molecule has 4 aromatic rings. The smallest absolute Gasteiger partial charge is 0.387 e. The molecule has 2 N–H and O–H groups in total. The minimum absolute atomic E-state index is 0.139. The number of amides is 1. The lowest BCUT2D eigenvalue weighted by atomic mass is 10.1. The number of alkyl halides is 2. The third-order valence-corrected chi connectivity index (χ3v) is 6.32. The summed E-state index contributed by atoms with van der Waals surface area (Å²) in [6.07, 6.45) is 7.32. The predicted octanol–water partition coefficient (Wildman–Crippen LogP) is 2.29. The molecular formula is C25H26F2N8O2. The number of ether oxygens (including phenoxy) is 1. The Kier molecular flexibility index (Phi) is 6.91. The van der Waals surface area contributed by atoms with Crippen LogP contribution in [0.4, 0.5) is 14.7 Å². The number of nitrogens with two attached hydrogens (primary N) is 1. The molecule has 10 nitrogen and oxygen atoms in total. The zero-order valence-corrected chi connectivity index (χ0v) is 20.2. The summed E-state index contributed by atoms with van der Waals surface area (Å²) in [5, 5.41) is 0. The van der Waals surface area contributed by atoms with Gasteiger partial charge in [-0.2, -0.15) is 8.78 Å². The number of primary amides is 1. The van der Waals surface area contributed by atoms with Gasteiger partial charge in [0.05, 0.1) is 29.8 Å². The fourth-order valence-corrected chi connectivity index (χ4v) is 4.47. The van der Waals surface area contributed by atoms with E-state index < -0.39 is 6.61 Å². The molecule has 12 heteroatoms. The highest BCUT2D eigenvalue weighted by molar-refractivity contribution is 5.76. The number of imidazole rings is 1. The van der Waals surface area contributed by atoms with E-state index in [1.165, 1.54) is 6.07 Å². The molecule has 0 spiro atoms. The summed E-state index contributed by atoms with van der Waals surface area (Å²) >= 11 is 0. The molecule has 0 aliphatic carbocycles. The number of carbonyl (C=O) groups is 1. The highest BCUT2D eigenvalue weighted by atomic mass is 19.3. The summed E-state index contributed by atoms with van der Waals surface area (Å²) in [6.45, 7) is 2.04. The van der Waals surface area contributed by atoms with Crippen LogP contribution in [0.2, 0.25) is 0 Å². The van der Waals surface area contributed by atoms with Gasteiger partial charge in [0.2, 0.25) is 11.9 Å². The Morgan fingerprint density at radius 1 is 1.08 bits per heavy atom. The van der Waals surface area contributed by atoms with Crippen molar-refractivity contribution < 1.29 is 18.3 Å². The molecule has 0 bridgehead atoms. The minimum Gasteiger partial charge on any atom is -0.435 e. The summed E-state index contributed by atoms with van der Waals surface area (Å²) < 4.78 is 32.4.